The summed E-state index contributed by atoms with van der Waals surface area (Å²) >= 11 is 0. The van der Waals surface area contributed by atoms with Crippen LogP contribution in [0.5, 0.6) is 0 Å². The maximum Gasteiger partial charge on any atom is 0.238 e. The van der Waals surface area contributed by atoms with Gasteiger partial charge in [-0.15, -0.1) is 0 Å². The standard InChI is InChI=1S/C27H22N2O3/c1-14-6-8-16(9-7-14)24-23-19-13-20(25(23)32-28-24)22-21(19)26(30)29(27(22)31)18-11-10-15-4-2-3-5-17(15)12-18/h2-12,19-23,25H,13H2,1H3/t19-,20-,21-,22-,23+,25-/m1/s1. The molecule has 3 aromatic carbocycles. The van der Waals surface area contributed by atoms with Gasteiger partial charge in [0.05, 0.1) is 23.2 Å². The van der Waals surface area contributed by atoms with E-state index in [4.69, 9.17) is 4.84 Å². The van der Waals surface area contributed by atoms with Gasteiger partial charge in [-0.2, -0.15) is 0 Å². The second kappa shape index (κ2) is 6.28. The Morgan fingerprint density at radius 2 is 1.56 bits per heavy atom. The Balaban J connectivity index is 1.25. The van der Waals surface area contributed by atoms with Crippen molar-refractivity contribution in [1.29, 1.82) is 0 Å². The molecule has 0 radical (unpaired) electrons. The zero-order chi connectivity index (χ0) is 21.6. The highest BCUT2D eigenvalue weighted by atomic mass is 16.6. The number of imide groups is 1. The number of benzene rings is 3. The Morgan fingerprint density at radius 3 is 2.34 bits per heavy atom. The van der Waals surface area contributed by atoms with E-state index in [1.165, 1.54) is 10.5 Å². The Bertz CT molecular complexity index is 1330. The molecule has 158 valence electrons. The summed E-state index contributed by atoms with van der Waals surface area (Å²) in [6, 6.07) is 22.1. The zero-order valence-electron chi connectivity index (χ0n) is 17.6. The third-order valence-electron chi connectivity index (χ3n) is 8.03. The molecule has 7 rings (SSSR count). The van der Waals surface area contributed by atoms with E-state index >= 15 is 0 Å². The molecule has 3 aromatic rings. The van der Waals surface area contributed by atoms with Crippen LogP contribution in [-0.2, 0) is 14.4 Å². The molecule has 32 heavy (non-hydrogen) atoms. The first kappa shape index (κ1) is 18.1. The molecule has 2 bridgehead atoms. The summed E-state index contributed by atoms with van der Waals surface area (Å²) in [6.45, 7) is 2.06. The number of aryl methyl sites for hydroxylation is 1. The fourth-order valence-electron chi connectivity index (χ4n) is 6.66. The van der Waals surface area contributed by atoms with Crippen molar-refractivity contribution < 1.29 is 14.4 Å². The molecule has 5 nitrogen and oxygen atoms in total. The number of anilines is 1. The number of amides is 2. The Morgan fingerprint density at radius 1 is 0.844 bits per heavy atom. The van der Waals surface area contributed by atoms with Crippen molar-refractivity contribution in [2.45, 2.75) is 19.4 Å². The summed E-state index contributed by atoms with van der Waals surface area (Å²) in [5.74, 6) is -0.490. The van der Waals surface area contributed by atoms with Crippen LogP contribution in [0, 0.1) is 36.5 Å². The lowest BCUT2D eigenvalue weighted by Crippen LogP contribution is -2.41. The molecule has 5 heteroatoms. The number of oxime groups is 1. The number of nitrogens with zero attached hydrogens (tertiary/aromatic N) is 2. The van der Waals surface area contributed by atoms with Crippen LogP contribution < -0.4 is 4.90 Å². The monoisotopic (exact) mass is 422 g/mol. The first-order valence-corrected chi connectivity index (χ1v) is 11.3. The number of hydrogen-bond donors (Lipinski definition) is 0. The Kier molecular flexibility index (Phi) is 3.56. The predicted octanol–water partition coefficient (Wildman–Crippen LogP) is 4.32. The summed E-state index contributed by atoms with van der Waals surface area (Å²) < 4.78 is 0. The third-order valence-corrected chi connectivity index (χ3v) is 8.03. The van der Waals surface area contributed by atoms with Gasteiger partial charge in [0.25, 0.3) is 0 Å². The number of carbonyl (C=O) groups excluding carboxylic acids is 2. The summed E-state index contributed by atoms with van der Waals surface area (Å²) in [7, 11) is 0. The largest absolute Gasteiger partial charge is 0.391 e. The second-order valence-electron chi connectivity index (χ2n) is 9.60. The van der Waals surface area contributed by atoms with Gasteiger partial charge in [-0.1, -0.05) is 65.3 Å². The van der Waals surface area contributed by atoms with Gasteiger partial charge < -0.3 is 4.84 Å². The van der Waals surface area contributed by atoms with Crippen molar-refractivity contribution in [3.8, 4) is 0 Å². The molecule has 0 spiro atoms. The van der Waals surface area contributed by atoms with E-state index in [1.54, 1.807) is 0 Å². The van der Waals surface area contributed by atoms with E-state index < -0.39 is 0 Å². The van der Waals surface area contributed by atoms with E-state index in [0.29, 0.717) is 5.69 Å². The summed E-state index contributed by atoms with van der Waals surface area (Å²) in [5, 5.41) is 6.55. The summed E-state index contributed by atoms with van der Waals surface area (Å²) in [6.07, 6.45) is 0.754. The third kappa shape index (κ3) is 2.26. The van der Waals surface area contributed by atoms with Crippen molar-refractivity contribution in [2.24, 2.45) is 34.7 Å². The van der Waals surface area contributed by atoms with Crippen LogP contribution in [0.4, 0.5) is 5.69 Å². The van der Waals surface area contributed by atoms with Gasteiger partial charge >= 0.3 is 0 Å². The van der Waals surface area contributed by atoms with E-state index in [0.717, 1.165) is 28.5 Å². The molecule has 0 unspecified atom stereocenters. The summed E-state index contributed by atoms with van der Waals surface area (Å²) in [4.78, 5) is 34.5. The minimum absolute atomic E-state index is 0.0450. The molecular formula is C27H22N2O3. The fraction of sp³-hybridized carbons (Fsp3) is 0.296. The molecule has 0 aromatic heterocycles. The highest BCUT2D eigenvalue weighted by molar-refractivity contribution is 6.23. The molecule has 4 aliphatic rings. The van der Waals surface area contributed by atoms with Gasteiger partial charge in [-0.3, -0.25) is 14.5 Å². The lowest BCUT2D eigenvalue weighted by atomic mass is 9.71. The minimum atomic E-state index is -0.298. The summed E-state index contributed by atoms with van der Waals surface area (Å²) in [5.41, 5.74) is 3.85. The highest BCUT2D eigenvalue weighted by Gasteiger charge is 2.70. The van der Waals surface area contributed by atoms with Crippen molar-refractivity contribution in [2.75, 3.05) is 4.90 Å². The molecule has 6 atom stereocenters. The maximum absolute atomic E-state index is 13.6. The van der Waals surface area contributed by atoms with E-state index in [2.05, 4.69) is 36.3 Å². The Labute approximate surface area is 185 Å². The van der Waals surface area contributed by atoms with Crippen molar-refractivity contribution >= 4 is 34.0 Å². The SMILES string of the molecule is Cc1ccc(C2=NO[C@@H]3[C@@H]4C[C@@H]([C@@H]23)[C@H]2C(=O)N(c3ccc5ccccc5c3)C(=O)[C@H]42)cc1. The fourth-order valence-corrected chi connectivity index (χ4v) is 6.66. The average Bonchev–Trinajstić information content (AvgIpc) is 3.54. The quantitative estimate of drug-likeness (QED) is 0.578. The zero-order valence-corrected chi connectivity index (χ0v) is 17.6. The maximum atomic E-state index is 13.6. The van der Waals surface area contributed by atoms with E-state index in [1.807, 2.05) is 42.5 Å². The van der Waals surface area contributed by atoms with Gasteiger partial charge in [0, 0.05) is 11.8 Å². The van der Waals surface area contributed by atoms with Crippen LogP contribution in [0.25, 0.3) is 10.8 Å². The van der Waals surface area contributed by atoms with Gasteiger partial charge in [-0.05, 0) is 47.7 Å². The van der Waals surface area contributed by atoms with Gasteiger partial charge in [0.2, 0.25) is 11.8 Å². The van der Waals surface area contributed by atoms with E-state index in [-0.39, 0.29) is 47.5 Å². The van der Waals surface area contributed by atoms with Crippen LogP contribution >= 0.6 is 0 Å². The topological polar surface area (TPSA) is 59.0 Å². The Hall–Kier alpha value is -3.47. The van der Waals surface area contributed by atoms with Crippen LogP contribution in [0.1, 0.15) is 17.5 Å². The molecule has 2 aliphatic heterocycles. The van der Waals surface area contributed by atoms with Crippen molar-refractivity contribution in [1.82, 2.24) is 0 Å². The van der Waals surface area contributed by atoms with Crippen molar-refractivity contribution in [3.05, 3.63) is 77.9 Å². The highest BCUT2D eigenvalue weighted by Crippen LogP contribution is 2.62. The van der Waals surface area contributed by atoms with E-state index in [9.17, 15) is 9.59 Å². The minimum Gasteiger partial charge on any atom is -0.391 e. The number of hydrogen-bond acceptors (Lipinski definition) is 4. The van der Waals surface area contributed by atoms with Gasteiger partial charge in [0.15, 0.2) is 0 Å². The first-order valence-electron chi connectivity index (χ1n) is 11.3. The van der Waals surface area contributed by atoms with Gasteiger partial charge in [0.1, 0.15) is 6.10 Å². The molecule has 1 saturated heterocycles. The van der Waals surface area contributed by atoms with Crippen molar-refractivity contribution in [3.63, 3.8) is 0 Å². The predicted molar refractivity (Wildman–Crippen MR) is 121 cm³/mol. The number of rotatable bonds is 2. The average molecular weight is 422 g/mol. The number of fused-ring (bicyclic) bond motifs is 9. The van der Waals surface area contributed by atoms with Crippen LogP contribution in [0.2, 0.25) is 0 Å². The molecule has 2 heterocycles. The lowest BCUT2D eigenvalue weighted by Gasteiger charge is -2.29. The first-order chi connectivity index (χ1) is 15.6. The second-order valence-corrected chi connectivity index (χ2v) is 9.60. The molecule has 3 fully saturated rings. The number of carbonyl (C=O) groups is 2. The molecule has 2 saturated carbocycles. The molecule has 0 N–H and O–H groups in total. The lowest BCUT2D eigenvalue weighted by molar-refractivity contribution is -0.125. The van der Waals surface area contributed by atoms with Gasteiger partial charge in [-0.25, -0.2) is 0 Å². The molecule has 2 amide bonds. The van der Waals surface area contributed by atoms with Crippen LogP contribution in [0.15, 0.2) is 71.9 Å². The normalized spacial score (nSPS) is 32.3. The van der Waals surface area contributed by atoms with Crippen LogP contribution in [-0.4, -0.2) is 23.6 Å². The molecular weight excluding hydrogens is 400 g/mol. The molecule has 2 aliphatic carbocycles. The smallest absolute Gasteiger partial charge is 0.238 e. The van der Waals surface area contributed by atoms with Crippen LogP contribution in [0.3, 0.4) is 0 Å².